The van der Waals surface area contributed by atoms with Gasteiger partial charge in [0.15, 0.2) is 9.84 Å². The number of halogens is 1. The monoisotopic (exact) mass is 296 g/mol. The first-order valence-electron chi connectivity index (χ1n) is 5.64. The highest BCUT2D eigenvalue weighted by molar-refractivity contribution is 7.90. The molecule has 0 unspecified atom stereocenters. The molecule has 0 aliphatic carbocycles. The Morgan fingerprint density at radius 2 is 2.00 bits per heavy atom. The van der Waals surface area contributed by atoms with Crippen LogP contribution >= 0.6 is 11.6 Å². The van der Waals surface area contributed by atoms with Gasteiger partial charge in [0.25, 0.3) is 0 Å². The topological polar surface area (TPSA) is 73.0 Å². The first-order valence-corrected chi connectivity index (χ1v) is 7.67. The van der Waals surface area contributed by atoms with Crippen molar-refractivity contribution in [3.05, 3.63) is 58.9 Å². The minimum atomic E-state index is -3.45. The SMILES string of the molecule is NCc1ncccc1CS(=O)(=O)c1cccc(Cl)c1. The van der Waals surface area contributed by atoms with Crippen molar-refractivity contribution in [3.8, 4) is 0 Å². The highest BCUT2D eigenvalue weighted by Crippen LogP contribution is 2.20. The van der Waals surface area contributed by atoms with E-state index in [-0.39, 0.29) is 17.2 Å². The summed E-state index contributed by atoms with van der Waals surface area (Å²) < 4.78 is 24.6. The van der Waals surface area contributed by atoms with E-state index in [0.29, 0.717) is 16.3 Å². The predicted octanol–water partition coefficient (Wildman–Crippen LogP) is 2.17. The Morgan fingerprint density at radius 1 is 1.21 bits per heavy atom. The minimum absolute atomic E-state index is 0.131. The van der Waals surface area contributed by atoms with E-state index in [2.05, 4.69) is 4.98 Å². The molecule has 0 fully saturated rings. The Bertz CT molecular complexity index is 687. The fourth-order valence-corrected chi connectivity index (χ4v) is 3.42. The average Bonchev–Trinajstić information content (AvgIpc) is 2.39. The van der Waals surface area contributed by atoms with Gasteiger partial charge in [-0.15, -0.1) is 0 Å². The van der Waals surface area contributed by atoms with Gasteiger partial charge in [0.2, 0.25) is 0 Å². The molecule has 6 heteroatoms. The van der Waals surface area contributed by atoms with Gasteiger partial charge in [-0.2, -0.15) is 0 Å². The molecule has 4 nitrogen and oxygen atoms in total. The van der Waals surface area contributed by atoms with Gasteiger partial charge in [-0.1, -0.05) is 23.7 Å². The van der Waals surface area contributed by atoms with Crippen LogP contribution in [0.5, 0.6) is 0 Å². The molecule has 0 radical (unpaired) electrons. The van der Waals surface area contributed by atoms with E-state index in [1.807, 2.05) is 0 Å². The molecule has 1 aromatic carbocycles. The summed E-state index contributed by atoms with van der Waals surface area (Å²) in [6.07, 6.45) is 1.59. The summed E-state index contributed by atoms with van der Waals surface area (Å²) in [7, 11) is -3.45. The largest absolute Gasteiger partial charge is 0.325 e. The van der Waals surface area contributed by atoms with Gasteiger partial charge in [-0.3, -0.25) is 4.98 Å². The van der Waals surface area contributed by atoms with E-state index < -0.39 is 9.84 Å². The molecule has 0 bridgehead atoms. The minimum Gasteiger partial charge on any atom is -0.325 e. The molecule has 0 saturated carbocycles. The van der Waals surface area contributed by atoms with E-state index in [4.69, 9.17) is 17.3 Å². The summed E-state index contributed by atoms with van der Waals surface area (Å²) in [6.45, 7) is 0.210. The summed E-state index contributed by atoms with van der Waals surface area (Å²) >= 11 is 5.82. The lowest BCUT2D eigenvalue weighted by Gasteiger charge is -2.08. The van der Waals surface area contributed by atoms with Crippen molar-refractivity contribution in [1.82, 2.24) is 4.98 Å². The third-order valence-electron chi connectivity index (χ3n) is 2.68. The normalized spacial score (nSPS) is 11.5. The third kappa shape index (κ3) is 3.32. The zero-order valence-electron chi connectivity index (χ0n) is 10.1. The zero-order valence-corrected chi connectivity index (χ0v) is 11.7. The van der Waals surface area contributed by atoms with Crippen LogP contribution in [0.3, 0.4) is 0 Å². The van der Waals surface area contributed by atoms with Gasteiger partial charge < -0.3 is 5.73 Å². The molecule has 2 N–H and O–H groups in total. The quantitative estimate of drug-likeness (QED) is 0.938. The highest BCUT2D eigenvalue weighted by Gasteiger charge is 2.17. The third-order valence-corrected chi connectivity index (χ3v) is 4.58. The van der Waals surface area contributed by atoms with Crippen LogP contribution in [0.4, 0.5) is 0 Å². The van der Waals surface area contributed by atoms with E-state index in [1.165, 1.54) is 12.1 Å². The Labute approximate surface area is 117 Å². The number of benzene rings is 1. The summed E-state index contributed by atoms with van der Waals surface area (Å²) in [5.41, 5.74) is 6.76. The number of sulfone groups is 1. The van der Waals surface area contributed by atoms with Crippen molar-refractivity contribution in [2.75, 3.05) is 0 Å². The maximum absolute atomic E-state index is 12.3. The van der Waals surface area contributed by atoms with Crippen molar-refractivity contribution in [2.24, 2.45) is 5.73 Å². The van der Waals surface area contributed by atoms with Crippen LogP contribution in [0.15, 0.2) is 47.5 Å². The maximum atomic E-state index is 12.3. The molecule has 1 heterocycles. The smallest absolute Gasteiger partial charge is 0.182 e. The Balaban J connectivity index is 2.37. The van der Waals surface area contributed by atoms with Crippen LogP contribution in [-0.2, 0) is 22.1 Å². The van der Waals surface area contributed by atoms with Crippen LogP contribution in [0, 0.1) is 0 Å². The first kappa shape index (κ1) is 14.0. The van der Waals surface area contributed by atoms with Crippen LogP contribution in [-0.4, -0.2) is 13.4 Å². The van der Waals surface area contributed by atoms with Crippen LogP contribution in [0.1, 0.15) is 11.3 Å². The summed E-state index contributed by atoms with van der Waals surface area (Å²) in [5.74, 6) is -0.131. The van der Waals surface area contributed by atoms with Gasteiger partial charge in [0.1, 0.15) is 0 Å². The van der Waals surface area contributed by atoms with Crippen LogP contribution in [0.2, 0.25) is 5.02 Å². The molecule has 0 atom stereocenters. The molecule has 0 spiro atoms. The Morgan fingerprint density at radius 3 is 2.68 bits per heavy atom. The number of rotatable bonds is 4. The van der Waals surface area contributed by atoms with Crippen LogP contribution in [0.25, 0.3) is 0 Å². The molecule has 2 aromatic rings. The van der Waals surface area contributed by atoms with Crippen molar-refractivity contribution in [3.63, 3.8) is 0 Å². The lowest BCUT2D eigenvalue weighted by molar-refractivity contribution is 0.595. The summed E-state index contributed by atoms with van der Waals surface area (Å²) in [5, 5.41) is 0.395. The van der Waals surface area contributed by atoms with Crippen molar-refractivity contribution >= 4 is 21.4 Å². The molecule has 0 amide bonds. The van der Waals surface area contributed by atoms with E-state index in [1.54, 1.807) is 30.5 Å². The Hall–Kier alpha value is -1.43. The number of pyridine rings is 1. The van der Waals surface area contributed by atoms with Crippen LogP contribution < -0.4 is 5.73 Å². The van der Waals surface area contributed by atoms with Crippen molar-refractivity contribution in [1.29, 1.82) is 0 Å². The van der Waals surface area contributed by atoms with Crippen molar-refractivity contribution in [2.45, 2.75) is 17.2 Å². The lowest BCUT2D eigenvalue weighted by Crippen LogP contribution is -2.10. The summed E-state index contributed by atoms with van der Waals surface area (Å²) in [6, 6.07) is 9.63. The van der Waals surface area contributed by atoms with E-state index in [9.17, 15) is 8.42 Å². The second-order valence-electron chi connectivity index (χ2n) is 4.03. The maximum Gasteiger partial charge on any atom is 0.182 e. The Kier molecular flexibility index (Phi) is 4.19. The number of aromatic nitrogens is 1. The molecule has 0 aliphatic rings. The standard InChI is InChI=1S/C13H13ClN2O2S/c14-11-4-1-5-12(7-11)19(17,18)9-10-3-2-6-16-13(10)8-15/h1-7H,8-9,15H2. The lowest BCUT2D eigenvalue weighted by atomic mass is 10.2. The molecular weight excluding hydrogens is 284 g/mol. The molecule has 100 valence electrons. The molecule has 19 heavy (non-hydrogen) atoms. The van der Waals surface area contributed by atoms with Gasteiger partial charge in [-0.05, 0) is 29.8 Å². The number of nitrogens with two attached hydrogens (primary N) is 1. The molecule has 0 aliphatic heterocycles. The van der Waals surface area contributed by atoms with Gasteiger partial charge in [0.05, 0.1) is 16.3 Å². The molecule has 2 rings (SSSR count). The second kappa shape index (κ2) is 5.69. The van der Waals surface area contributed by atoms with E-state index in [0.717, 1.165) is 0 Å². The zero-order chi connectivity index (χ0) is 13.9. The fourth-order valence-electron chi connectivity index (χ4n) is 1.74. The second-order valence-corrected chi connectivity index (χ2v) is 6.46. The van der Waals surface area contributed by atoms with Gasteiger partial charge >= 0.3 is 0 Å². The molecule has 0 saturated heterocycles. The van der Waals surface area contributed by atoms with Crippen molar-refractivity contribution < 1.29 is 8.42 Å². The predicted molar refractivity (Wildman–Crippen MR) is 74.5 cm³/mol. The van der Waals surface area contributed by atoms with Gasteiger partial charge in [-0.25, -0.2) is 8.42 Å². The number of nitrogens with zero attached hydrogens (tertiary/aromatic N) is 1. The average molecular weight is 297 g/mol. The number of hydrogen-bond acceptors (Lipinski definition) is 4. The highest BCUT2D eigenvalue weighted by atomic mass is 35.5. The van der Waals surface area contributed by atoms with E-state index >= 15 is 0 Å². The molecule has 1 aromatic heterocycles. The number of hydrogen-bond donors (Lipinski definition) is 1. The summed E-state index contributed by atoms with van der Waals surface area (Å²) in [4.78, 5) is 4.28. The fraction of sp³-hybridized carbons (Fsp3) is 0.154. The van der Waals surface area contributed by atoms with Gasteiger partial charge in [0, 0.05) is 17.8 Å². The first-order chi connectivity index (χ1) is 9.03. The molecular formula is C13H13ClN2O2S.